The van der Waals surface area contributed by atoms with Gasteiger partial charge in [-0.1, -0.05) is 6.92 Å². The maximum absolute atomic E-state index is 13.4. The van der Waals surface area contributed by atoms with Gasteiger partial charge in [0.25, 0.3) is 0 Å². The third kappa shape index (κ3) is 1.90. The van der Waals surface area contributed by atoms with E-state index in [2.05, 4.69) is 16.5 Å². The zero-order chi connectivity index (χ0) is 12.7. The second-order valence-electron chi connectivity index (χ2n) is 5.18. The van der Waals surface area contributed by atoms with Gasteiger partial charge in [-0.2, -0.15) is 0 Å². The molecule has 3 nitrogen and oxygen atoms in total. The van der Waals surface area contributed by atoms with Crippen LogP contribution in [0.15, 0.2) is 18.2 Å². The zero-order valence-corrected chi connectivity index (χ0v) is 10.6. The van der Waals surface area contributed by atoms with Crippen molar-refractivity contribution in [1.82, 2.24) is 9.55 Å². The lowest BCUT2D eigenvalue weighted by Gasteiger charge is -2.13. The van der Waals surface area contributed by atoms with Crippen molar-refractivity contribution in [2.45, 2.75) is 38.1 Å². The molecule has 1 unspecified atom stereocenters. The van der Waals surface area contributed by atoms with Gasteiger partial charge in [0, 0.05) is 12.0 Å². The van der Waals surface area contributed by atoms with E-state index in [9.17, 15) is 4.39 Å². The van der Waals surface area contributed by atoms with Crippen LogP contribution in [0.1, 0.15) is 44.0 Å². The van der Waals surface area contributed by atoms with Gasteiger partial charge in [-0.05, 0) is 44.0 Å². The van der Waals surface area contributed by atoms with Crippen LogP contribution in [0.2, 0.25) is 0 Å². The Hall–Kier alpha value is -1.42. The van der Waals surface area contributed by atoms with Gasteiger partial charge in [0.1, 0.15) is 11.6 Å². The minimum Gasteiger partial charge on any atom is -0.330 e. The van der Waals surface area contributed by atoms with Gasteiger partial charge in [-0.25, -0.2) is 9.37 Å². The molecule has 0 aliphatic heterocycles. The summed E-state index contributed by atoms with van der Waals surface area (Å²) in [6.45, 7) is 2.80. The molecule has 1 aromatic carbocycles. The highest BCUT2D eigenvalue weighted by molar-refractivity contribution is 5.76. The van der Waals surface area contributed by atoms with E-state index >= 15 is 0 Å². The van der Waals surface area contributed by atoms with E-state index in [4.69, 9.17) is 5.73 Å². The van der Waals surface area contributed by atoms with E-state index in [0.717, 1.165) is 23.3 Å². The van der Waals surface area contributed by atoms with Gasteiger partial charge >= 0.3 is 0 Å². The van der Waals surface area contributed by atoms with Crippen LogP contribution in [-0.2, 0) is 0 Å². The molecule has 0 bridgehead atoms. The molecule has 0 amide bonds. The number of benzene rings is 1. The highest BCUT2D eigenvalue weighted by Gasteiger charge is 2.29. The standard InChI is InChI=1S/C14H18FN3/c1-9(6-7-16)14-17-12-5-2-10(15)8-13(12)18(14)11-3-4-11/h2,5,8-9,11H,3-4,6-7,16H2,1H3. The van der Waals surface area contributed by atoms with Crippen LogP contribution in [0.5, 0.6) is 0 Å². The SMILES string of the molecule is CC(CCN)c1nc2ccc(F)cc2n1C1CC1. The van der Waals surface area contributed by atoms with Crippen molar-refractivity contribution in [2.75, 3.05) is 6.54 Å². The van der Waals surface area contributed by atoms with Crippen LogP contribution in [0.25, 0.3) is 11.0 Å². The topological polar surface area (TPSA) is 43.8 Å². The van der Waals surface area contributed by atoms with Crippen molar-refractivity contribution < 1.29 is 4.39 Å². The number of rotatable bonds is 4. The Balaban J connectivity index is 2.15. The second-order valence-corrected chi connectivity index (χ2v) is 5.18. The van der Waals surface area contributed by atoms with Crippen molar-refractivity contribution in [2.24, 2.45) is 5.73 Å². The Bertz CT molecular complexity index is 572. The first kappa shape index (κ1) is 11.7. The predicted molar refractivity (Wildman–Crippen MR) is 70.0 cm³/mol. The summed E-state index contributed by atoms with van der Waals surface area (Å²) in [6.07, 6.45) is 3.26. The number of imidazole rings is 1. The van der Waals surface area contributed by atoms with Gasteiger partial charge in [0.15, 0.2) is 0 Å². The lowest BCUT2D eigenvalue weighted by molar-refractivity contribution is 0.591. The molecule has 4 heteroatoms. The fraction of sp³-hybridized carbons (Fsp3) is 0.500. The van der Waals surface area contributed by atoms with Crippen LogP contribution >= 0.6 is 0 Å². The molecule has 1 fully saturated rings. The van der Waals surface area contributed by atoms with Crippen LogP contribution in [0.4, 0.5) is 4.39 Å². The van der Waals surface area contributed by atoms with Gasteiger partial charge in [-0.3, -0.25) is 0 Å². The Morgan fingerprint density at radius 2 is 2.28 bits per heavy atom. The maximum atomic E-state index is 13.4. The predicted octanol–water partition coefficient (Wildman–Crippen LogP) is 2.96. The molecule has 0 saturated heterocycles. The summed E-state index contributed by atoms with van der Waals surface area (Å²) in [5.74, 6) is 1.19. The molecule has 3 rings (SSSR count). The first-order chi connectivity index (χ1) is 8.70. The third-order valence-electron chi connectivity index (χ3n) is 3.63. The molecule has 1 aliphatic carbocycles. The minimum absolute atomic E-state index is 0.192. The lowest BCUT2D eigenvalue weighted by Crippen LogP contribution is -2.10. The summed E-state index contributed by atoms with van der Waals surface area (Å²) >= 11 is 0. The largest absolute Gasteiger partial charge is 0.330 e. The van der Waals surface area contributed by atoms with Gasteiger partial charge < -0.3 is 10.3 Å². The van der Waals surface area contributed by atoms with Crippen molar-refractivity contribution in [3.8, 4) is 0 Å². The number of nitrogens with two attached hydrogens (primary N) is 1. The van der Waals surface area contributed by atoms with Crippen LogP contribution in [0.3, 0.4) is 0 Å². The molecule has 18 heavy (non-hydrogen) atoms. The smallest absolute Gasteiger partial charge is 0.125 e. The van der Waals surface area contributed by atoms with Crippen LogP contribution in [-0.4, -0.2) is 16.1 Å². The molecule has 2 N–H and O–H groups in total. The van der Waals surface area contributed by atoms with E-state index in [0.29, 0.717) is 18.5 Å². The van der Waals surface area contributed by atoms with Gasteiger partial charge in [-0.15, -0.1) is 0 Å². The Labute approximate surface area is 106 Å². The van der Waals surface area contributed by atoms with Crippen LogP contribution < -0.4 is 5.73 Å². The van der Waals surface area contributed by atoms with Crippen molar-refractivity contribution in [1.29, 1.82) is 0 Å². The Kier molecular flexibility index (Phi) is 2.82. The molecular weight excluding hydrogens is 229 g/mol. The van der Waals surface area contributed by atoms with E-state index in [1.54, 1.807) is 12.1 Å². The molecule has 1 saturated carbocycles. The molecule has 2 aromatic rings. The Morgan fingerprint density at radius 1 is 1.50 bits per heavy atom. The number of nitrogens with zero attached hydrogens (tertiary/aromatic N) is 2. The molecule has 0 spiro atoms. The average Bonchev–Trinajstić information content (AvgIpc) is 3.10. The van der Waals surface area contributed by atoms with Crippen molar-refractivity contribution in [3.05, 3.63) is 29.8 Å². The van der Waals surface area contributed by atoms with Gasteiger partial charge in [0.2, 0.25) is 0 Å². The molecule has 1 aliphatic rings. The zero-order valence-electron chi connectivity index (χ0n) is 10.6. The van der Waals surface area contributed by atoms with Crippen molar-refractivity contribution >= 4 is 11.0 Å². The summed E-state index contributed by atoms with van der Waals surface area (Å²) in [5.41, 5.74) is 7.45. The normalized spacial score (nSPS) is 17.3. The number of aromatic nitrogens is 2. The molecule has 1 atom stereocenters. The fourth-order valence-corrected chi connectivity index (χ4v) is 2.53. The summed E-state index contributed by atoms with van der Waals surface area (Å²) in [4.78, 5) is 4.67. The monoisotopic (exact) mass is 247 g/mol. The fourth-order valence-electron chi connectivity index (χ4n) is 2.53. The van der Waals surface area contributed by atoms with Crippen LogP contribution in [0, 0.1) is 5.82 Å². The highest BCUT2D eigenvalue weighted by Crippen LogP contribution is 2.40. The maximum Gasteiger partial charge on any atom is 0.125 e. The third-order valence-corrected chi connectivity index (χ3v) is 3.63. The minimum atomic E-state index is -0.192. The average molecular weight is 247 g/mol. The summed E-state index contributed by atoms with van der Waals surface area (Å²) in [6, 6.07) is 5.35. The molecule has 0 radical (unpaired) electrons. The second kappa shape index (κ2) is 4.35. The van der Waals surface area contributed by atoms with E-state index in [-0.39, 0.29) is 5.82 Å². The summed E-state index contributed by atoms with van der Waals surface area (Å²) in [7, 11) is 0. The van der Waals surface area contributed by atoms with E-state index < -0.39 is 0 Å². The first-order valence-corrected chi connectivity index (χ1v) is 6.58. The molecule has 1 aromatic heterocycles. The number of halogens is 1. The van der Waals surface area contributed by atoms with Gasteiger partial charge in [0.05, 0.1) is 11.0 Å². The molecule has 96 valence electrons. The molecular formula is C14H18FN3. The number of hydrogen-bond acceptors (Lipinski definition) is 2. The summed E-state index contributed by atoms with van der Waals surface area (Å²) < 4.78 is 15.6. The quantitative estimate of drug-likeness (QED) is 0.902. The Morgan fingerprint density at radius 3 is 2.94 bits per heavy atom. The first-order valence-electron chi connectivity index (χ1n) is 6.58. The van der Waals surface area contributed by atoms with E-state index in [1.807, 2.05) is 0 Å². The lowest BCUT2D eigenvalue weighted by atomic mass is 10.1. The summed E-state index contributed by atoms with van der Waals surface area (Å²) in [5, 5.41) is 0. The number of fused-ring (bicyclic) bond motifs is 1. The van der Waals surface area contributed by atoms with E-state index in [1.165, 1.54) is 18.9 Å². The molecule has 1 heterocycles. The highest BCUT2D eigenvalue weighted by atomic mass is 19.1. The van der Waals surface area contributed by atoms with Crippen molar-refractivity contribution in [3.63, 3.8) is 0 Å². The number of hydrogen-bond donors (Lipinski definition) is 1.